The summed E-state index contributed by atoms with van der Waals surface area (Å²) < 4.78 is 5.36. The number of nitrogens with two attached hydrogens (primary N) is 1. The van der Waals surface area contributed by atoms with E-state index in [1.54, 1.807) is 11.9 Å². The lowest BCUT2D eigenvalue weighted by Crippen LogP contribution is -2.35. The second-order valence-electron chi connectivity index (χ2n) is 4.05. The van der Waals surface area contributed by atoms with E-state index in [0.717, 1.165) is 6.42 Å². The van der Waals surface area contributed by atoms with Crippen LogP contribution in [0.3, 0.4) is 0 Å². The predicted molar refractivity (Wildman–Crippen MR) is 62.6 cm³/mol. The van der Waals surface area contributed by atoms with Gasteiger partial charge in [0.2, 0.25) is 5.91 Å². The van der Waals surface area contributed by atoms with Crippen LogP contribution < -0.4 is 5.73 Å². The fraction of sp³-hybridized carbons (Fsp3) is 0.800. The zero-order chi connectivity index (χ0) is 11.4. The molecule has 1 rings (SSSR count). The molecule has 1 amide bonds. The molecular weight excluding hydrogens is 212 g/mol. The van der Waals surface area contributed by atoms with Crippen molar-refractivity contribution in [1.82, 2.24) is 4.90 Å². The van der Waals surface area contributed by atoms with Crippen LogP contribution in [-0.2, 0) is 9.53 Å². The molecule has 4 nitrogen and oxygen atoms in total. The molecule has 1 aliphatic heterocycles. The Morgan fingerprint density at radius 3 is 2.80 bits per heavy atom. The van der Waals surface area contributed by atoms with Crippen LogP contribution in [0.4, 0.5) is 0 Å². The van der Waals surface area contributed by atoms with E-state index in [1.165, 1.54) is 0 Å². The first-order valence-electron chi connectivity index (χ1n) is 5.15. The van der Waals surface area contributed by atoms with Crippen molar-refractivity contribution in [2.45, 2.75) is 25.9 Å². The van der Waals surface area contributed by atoms with Gasteiger partial charge in [0.05, 0.1) is 23.6 Å². The number of hydrogen-bond donors (Lipinski definition) is 1. The van der Waals surface area contributed by atoms with Gasteiger partial charge in [0, 0.05) is 20.0 Å². The van der Waals surface area contributed by atoms with Crippen molar-refractivity contribution in [3.63, 3.8) is 0 Å². The predicted octanol–water partition coefficient (Wildman–Crippen LogP) is 0.546. The van der Waals surface area contributed by atoms with Crippen LogP contribution >= 0.6 is 12.2 Å². The highest BCUT2D eigenvalue weighted by Gasteiger charge is 2.30. The lowest BCUT2D eigenvalue weighted by molar-refractivity contribution is -0.134. The van der Waals surface area contributed by atoms with Crippen LogP contribution in [-0.4, -0.2) is 42.1 Å². The van der Waals surface area contributed by atoms with Crippen molar-refractivity contribution in [2.24, 2.45) is 11.7 Å². The van der Waals surface area contributed by atoms with Crippen LogP contribution in [0, 0.1) is 5.92 Å². The molecule has 15 heavy (non-hydrogen) atoms. The summed E-state index contributed by atoms with van der Waals surface area (Å²) in [7, 11) is 1.78. The summed E-state index contributed by atoms with van der Waals surface area (Å²) >= 11 is 4.77. The van der Waals surface area contributed by atoms with E-state index in [4.69, 9.17) is 22.7 Å². The van der Waals surface area contributed by atoms with Gasteiger partial charge >= 0.3 is 0 Å². The van der Waals surface area contributed by atoms with E-state index in [2.05, 4.69) is 0 Å². The minimum atomic E-state index is 0.0105. The number of thiocarbonyl (C=S) groups is 1. The first-order valence-corrected chi connectivity index (χ1v) is 5.56. The summed E-state index contributed by atoms with van der Waals surface area (Å²) in [5, 5.41) is 0. The van der Waals surface area contributed by atoms with Crippen molar-refractivity contribution in [3.8, 4) is 0 Å². The van der Waals surface area contributed by atoms with Crippen LogP contribution in [0.2, 0.25) is 0 Å². The van der Waals surface area contributed by atoms with Gasteiger partial charge in [-0.15, -0.1) is 0 Å². The molecule has 1 heterocycles. The standard InChI is InChI=1S/C10H18N2O2S/c1-7-5-8(6-14-7)10(13)12(2)4-3-9(11)15/h7-8H,3-6H2,1-2H3,(H2,11,15). The molecular formula is C10H18N2O2S. The highest BCUT2D eigenvalue weighted by molar-refractivity contribution is 7.80. The minimum absolute atomic E-state index is 0.0105. The van der Waals surface area contributed by atoms with Crippen molar-refractivity contribution in [2.75, 3.05) is 20.2 Å². The molecule has 0 aromatic heterocycles. The summed E-state index contributed by atoms with van der Waals surface area (Å²) in [5.74, 6) is 0.145. The molecule has 0 saturated carbocycles. The zero-order valence-corrected chi connectivity index (χ0v) is 10.0. The van der Waals surface area contributed by atoms with Crippen LogP contribution in [0.15, 0.2) is 0 Å². The molecule has 1 saturated heterocycles. The number of ether oxygens (including phenoxy) is 1. The molecule has 0 aromatic carbocycles. The molecule has 0 radical (unpaired) electrons. The molecule has 0 aromatic rings. The third-order valence-electron chi connectivity index (χ3n) is 2.62. The minimum Gasteiger partial charge on any atom is -0.393 e. The Balaban J connectivity index is 2.35. The molecule has 2 atom stereocenters. The number of hydrogen-bond acceptors (Lipinski definition) is 3. The van der Waals surface area contributed by atoms with Crippen molar-refractivity contribution < 1.29 is 9.53 Å². The van der Waals surface area contributed by atoms with Gasteiger partial charge in [-0.25, -0.2) is 0 Å². The second-order valence-corrected chi connectivity index (χ2v) is 4.58. The Kier molecular flexibility index (Phi) is 4.47. The zero-order valence-electron chi connectivity index (χ0n) is 9.23. The van der Waals surface area contributed by atoms with E-state index >= 15 is 0 Å². The van der Waals surface area contributed by atoms with E-state index in [1.807, 2.05) is 6.92 Å². The number of rotatable bonds is 4. The second kappa shape index (κ2) is 5.42. The molecule has 2 unspecified atom stereocenters. The smallest absolute Gasteiger partial charge is 0.227 e. The van der Waals surface area contributed by atoms with Crippen LogP contribution in [0.1, 0.15) is 19.8 Å². The summed E-state index contributed by atoms with van der Waals surface area (Å²) in [4.78, 5) is 14.0. The van der Waals surface area contributed by atoms with Gasteiger partial charge in [-0.2, -0.15) is 0 Å². The molecule has 0 aliphatic carbocycles. The van der Waals surface area contributed by atoms with Crippen LogP contribution in [0.25, 0.3) is 0 Å². The third-order valence-corrected chi connectivity index (χ3v) is 2.82. The van der Waals surface area contributed by atoms with Gasteiger partial charge in [0.15, 0.2) is 0 Å². The van der Waals surface area contributed by atoms with Gasteiger partial charge in [-0.05, 0) is 13.3 Å². The molecule has 0 bridgehead atoms. The van der Waals surface area contributed by atoms with E-state index in [0.29, 0.717) is 24.6 Å². The molecule has 1 fully saturated rings. The Morgan fingerprint density at radius 1 is 1.67 bits per heavy atom. The largest absolute Gasteiger partial charge is 0.393 e. The Hall–Kier alpha value is -0.680. The average molecular weight is 230 g/mol. The first-order chi connectivity index (χ1) is 7.00. The van der Waals surface area contributed by atoms with E-state index < -0.39 is 0 Å². The molecule has 2 N–H and O–H groups in total. The van der Waals surface area contributed by atoms with Gasteiger partial charge in [-0.1, -0.05) is 12.2 Å². The number of carbonyl (C=O) groups excluding carboxylic acids is 1. The molecule has 0 spiro atoms. The van der Waals surface area contributed by atoms with Crippen LogP contribution in [0.5, 0.6) is 0 Å². The maximum Gasteiger partial charge on any atom is 0.227 e. The van der Waals surface area contributed by atoms with Crippen molar-refractivity contribution in [3.05, 3.63) is 0 Å². The Bertz CT molecular complexity index is 258. The SMILES string of the molecule is CC1CC(C(=O)N(C)CCC(N)=S)CO1. The molecule has 5 heteroatoms. The van der Waals surface area contributed by atoms with Gasteiger partial charge in [0.1, 0.15) is 0 Å². The summed E-state index contributed by atoms with van der Waals surface area (Å²) in [6, 6.07) is 0. The topological polar surface area (TPSA) is 55.6 Å². The maximum absolute atomic E-state index is 11.9. The lowest BCUT2D eigenvalue weighted by Gasteiger charge is -2.19. The maximum atomic E-state index is 11.9. The highest BCUT2D eigenvalue weighted by Crippen LogP contribution is 2.20. The lowest BCUT2D eigenvalue weighted by atomic mass is 10.1. The fourth-order valence-corrected chi connectivity index (χ4v) is 1.78. The first kappa shape index (κ1) is 12.4. The average Bonchev–Trinajstić information content (AvgIpc) is 2.60. The highest BCUT2D eigenvalue weighted by atomic mass is 32.1. The Morgan fingerprint density at radius 2 is 2.33 bits per heavy atom. The summed E-state index contributed by atoms with van der Waals surface area (Å²) in [6.07, 6.45) is 1.60. The Labute approximate surface area is 95.8 Å². The number of amides is 1. The monoisotopic (exact) mass is 230 g/mol. The van der Waals surface area contributed by atoms with E-state index in [-0.39, 0.29) is 17.9 Å². The quantitative estimate of drug-likeness (QED) is 0.716. The molecule has 86 valence electrons. The number of carbonyl (C=O) groups is 1. The normalized spacial score (nSPS) is 25.2. The van der Waals surface area contributed by atoms with Gasteiger partial charge < -0.3 is 15.4 Å². The molecule has 1 aliphatic rings. The van der Waals surface area contributed by atoms with Gasteiger partial charge in [0.25, 0.3) is 0 Å². The summed E-state index contributed by atoms with van der Waals surface area (Å²) in [5.41, 5.74) is 5.39. The fourth-order valence-electron chi connectivity index (χ4n) is 1.69. The van der Waals surface area contributed by atoms with Crippen molar-refractivity contribution in [1.29, 1.82) is 0 Å². The van der Waals surface area contributed by atoms with Crippen molar-refractivity contribution >= 4 is 23.1 Å². The third kappa shape index (κ3) is 3.76. The van der Waals surface area contributed by atoms with Gasteiger partial charge in [-0.3, -0.25) is 4.79 Å². The number of nitrogens with zero attached hydrogens (tertiary/aromatic N) is 1. The summed E-state index contributed by atoms with van der Waals surface area (Å²) in [6.45, 7) is 3.12. The van der Waals surface area contributed by atoms with E-state index in [9.17, 15) is 4.79 Å².